The topological polar surface area (TPSA) is 56.0 Å². The molecule has 1 N–H and O–H groups in total. The third kappa shape index (κ3) is 2.29. The highest BCUT2D eigenvalue weighted by atomic mass is 16.5. The maximum atomic E-state index is 9.75. The monoisotopic (exact) mass is 298 g/mol. The molecule has 0 saturated heterocycles. The summed E-state index contributed by atoms with van der Waals surface area (Å²) in [5.74, 6) is 1.30. The van der Waals surface area contributed by atoms with Gasteiger partial charge in [0.05, 0.1) is 32.2 Å². The van der Waals surface area contributed by atoms with Gasteiger partial charge in [-0.15, -0.1) is 0 Å². The number of benzene rings is 1. The lowest BCUT2D eigenvalue weighted by Crippen LogP contribution is -1.95. The number of aromatic nitrogens is 2. The predicted molar refractivity (Wildman–Crippen MR) is 84.4 cm³/mol. The number of aryl methyl sites for hydroxylation is 1. The number of nitrogens with zero attached hydrogens (tertiary/aromatic N) is 2. The number of ether oxygens (including phenoxy) is 2. The number of rotatable bonds is 4. The van der Waals surface area contributed by atoms with Crippen LogP contribution in [0.15, 0.2) is 36.5 Å². The second kappa shape index (κ2) is 5.69. The zero-order valence-electron chi connectivity index (χ0n) is 12.8. The lowest BCUT2D eigenvalue weighted by molar-refractivity contribution is 0.276. The first-order valence-electron chi connectivity index (χ1n) is 6.98. The minimum absolute atomic E-state index is 0.0894. The summed E-state index contributed by atoms with van der Waals surface area (Å²) in [6.07, 6.45) is 1.92. The largest absolute Gasteiger partial charge is 0.493 e. The van der Waals surface area contributed by atoms with Gasteiger partial charge in [-0.2, -0.15) is 0 Å². The van der Waals surface area contributed by atoms with Crippen LogP contribution in [0.5, 0.6) is 11.5 Å². The van der Waals surface area contributed by atoms with Gasteiger partial charge in [0, 0.05) is 11.8 Å². The van der Waals surface area contributed by atoms with Gasteiger partial charge in [0.1, 0.15) is 5.65 Å². The molecule has 5 heteroatoms. The minimum atomic E-state index is -0.0894. The van der Waals surface area contributed by atoms with E-state index in [1.165, 1.54) is 0 Å². The van der Waals surface area contributed by atoms with Crippen LogP contribution in [0.25, 0.3) is 16.9 Å². The molecule has 0 fully saturated rings. The molecule has 3 rings (SSSR count). The van der Waals surface area contributed by atoms with Crippen molar-refractivity contribution in [3.63, 3.8) is 0 Å². The van der Waals surface area contributed by atoms with E-state index in [0.29, 0.717) is 11.5 Å². The van der Waals surface area contributed by atoms with E-state index in [0.717, 1.165) is 28.2 Å². The second-order valence-corrected chi connectivity index (χ2v) is 5.07. The molecule has 0 amide bonds. The number of methoxy groups -OCH3 is 2. The summed E-state index contributed by atoms with van der Waals surface area (Å²) in [6.45, 7) is 1.93. The van der Waals surface area contributed by atoms with Gasteiger partial charge >= 0.3 is 0 Å². The van der Waals surface area contributed by atoms with Crippen LogP contribution in [0.2, 0.25) is 0 Å². The van der Waals surface area contributed by atoms with E-state index in [-0.39, 0.29) is 6.61 Å². The molecular weight excluding hydrogens is 280 g/mol. The Labute approximate surface area is 128 Å². The fourth-order valence-electron chi connectivity index (χ4n) is 2.56. The Morgan fingerprint density at radius 2 is 1.86 bits per heavy atom. The highest BCUT2D eigenvalue weighted by molar-refractivity contribution is 5.69. The highest BCUT2D eigenvalue weighted by Crippen LogP contribution is 2.33. The molecule has 5 nitrogen and oxygen atoms in total. The van der Waals surface area contributed by atoms with Crippen molar-refractivity contribution in [2.75, 3.05) is 14.2 Å². The summed E-state index contributed by atoms with van der Waals surface area (Å²) in [7, 11) is 3.20. The third-order valence-electron chi connectivity index (χ3n) is 3.69. The average molecular weight is 298 g/mol. The van der Waals surface area contributed by atoms with E-state index >= 15 is 0 Å². The first-order valence-corrected chi connectivity index (χ1v) is 6.98. The summed E-state index contributed by atoms with van der Waals surface area (Å²) in [5.41, 5.74) is 4.31. The van der Waals surface area contributed by atoms with Crippen LogP contribution >= 0.6 is 0 Å². The van der Waals surface area contributed by atoms with Crippen molar-refractivity contribution < 1.29 is 14.6 Å². The third-order valence-corrected chi connectivity index (χ3v) is 3.69. The van der Waals surface area contributed by atoms with Gasteiger partial charge in [-0.3, -0.25) is 0 Å². The van der Waals surface area contributed by atoms with Crippen molar-refractivity contribution in [2.45, 2.75) is 13.5 Å². The Morgan fingerprint density at radius 3 is 2.55 bits per heavy atom. The Balaban J connectivity index is 2.21. The van der Waals surface area contributed by atoms with E-state index in [9.17, 15) is 5.11 Å². The Hall–Kier alpha value is -2.53. The Morgan fingerprint density at radius 1 is 1.09 bits per heavy atom. The fourth-order valence-corrected chi connectivity index (χ4v) is 2.56. The molecule has 0 aliphatic rings. The molecule has 1 aromatic carbocycles. The molecule has 0 bridgehead atoms. The van der Waals surface area contributed by atoms with Crippen LogP contribution in [0, 0.1) is 6.92 Å². The first kappa shape index (κ1) is 14.4. The molecule has 0 atom stereocenters. The van der Waals surface area contributed by atoms with Crippen molar-refractivity contribution >= 4 is 5.65 Å². The van der Waals surface area contributed by atoms with Crippen LogP contribution in [0.4, 0.5) is 0 Å². The number of pyridine rings is 1. The smallest absolute Gasteiger partial charge is 0.161 e. The van der Waals surface area contributed by atoms with E-state index < -0.39 is 0 Å². The number of hydrogen-bond donors (Lipinski definition) is 1. The maximum absolute atomic E-state index is 9.75. The second-order valence-electron chi connectivity index (χ2n) is 5.07. The van der Waals surface area contributed by atoms with E-state index in [2.05, 4.69) is 4.98 Å². The molecule has 0 aliphatic heterocycles. The van der Waals surface area contributed by atoms with E-state index in [4.69, 9.17) is 9.47 Å². The number of imidazole rings is 1. The van der Waals surface area contributed by atoms with Gasteiger partial charge in [-0.1, -0.05) is 0 Å². The van der Waals surface area contributed by atoms with Crippen LogP contribution in [0.3, 0.4) is 0 Å². The van der Waals surface area contributed by atoms with Crippen LogP contribution in [0.1, 0.15) is 11.3 Å². The molecule has 0 radical (unpaired) electrons. The molecule has 114 valence electrons. The zero-order valence-corrected chi connectivity index (χ0v) is 12.8. The van der Waals surface area contributed by atoms with Crippen molar-refractivity contribution in [3.05, 3.63) is 47.8 Å². The molecule has 3 aromatic rings. The number of aliphatic hydroxyl groups excluding tert-OH is 1. The number of aliphatic hydroxyl groups is 1. The lowest BCUT2D eigenvalue weighted by Gasteiger charge is -2.09. The van der Waals surface area contributed by atoms with E-state index in [1.54, 1.807) is 14.2 Å². The fraction of sp³-hybridized carbons (Fsp3) is 0.235. The lowest BCUT2D eigenvalue weighted by atomic mass is 10.1. The summed E-state index contributed by atoms with van der Waals surface area (Å²) < 4.78 is 12.5. The van der Waals surface area contributed by atoms with Crippen molar-refractivity contribution in [1.29, 1.82) is 0 Å². The molecule has 2 aromatic heterocycles. The molecule has 0 spiro atoms. The maximum Gasteiger partial charge on any atom is 0.161 e. The van der Waals surface area contributed by atoms with E-state index in [1.807, 2.05) is 47.9 Å². The molecule has 2 heterocycles. The molecule has 0 saturated carbocycles. The summed E-state index contributed by atoms with van der Waals surface area (Å²) in [5, 5.41) is 9.75. The van der Waals surface area contributed by atoms with Gasteiger partial charge in [-0.05, 0) is 42.8 Å². The Kier molecular flexibility index (Phi) is 3.73. The van der Waals surface area contributed by atoms with Gasteiger partial charge in [-0.25, -0.2) is 4.98 Å². The molecule has 0 aliphatic carbocycles. The first-order chi connectivity index (χ1) is 10.7. The van der Waals surface area contributed by atoms with Crippen LogP contribution in [-0.4, -0.2) is 28.7 Å². The quantitative estimate of drug-likeness (QED) is 0.804. The minimum Gasteiger partial charge on any atom is -0.493 e. The summed E-state index contributed by atoms with van der Waals surface area (Å²) in [4.78, 5) is 4.65. The highest BCUT2D eigenvalue weighted by Gasteiger charge is 2.15. The SMILES string of the molecule is COc1ccc(-c2nc3cc(C)ccn3c2CO)cc1OC. The van der Waals surface area contributed by atoms with Gasteiger partial charge in [0.25, 0.3) is 0 Å². The van der Waals surface area contributed by atoms with Crippen molar-refractivity contribution in [3.8, 4) is 22.8 Å². The molecule has 22 heavy (non-hydrogen) atoms. The number of fused-ring (bicyclic) bond motifs is 1. The zero-order chi connectivity index (χ0) is 15.7. The van der Waals surface area contributed by atoms with Gasteiger partial charge < -0.3 is 19.0 Å². The van der Waals surface area contributed by atoms with Crippen molar-refractivity contribution in [1.82, 2.24) is 9.38 Å². The van der Waals surface area contributed by atoms with Gasteiger partial charge in [0.2, 0.25) is 0 Å². The van der Waals surface area contributed by atoms with Crippen LogP contribution in [-0.2, 0) is 6.61 Å². The van der Waals surface area contributed by atoms with Crippen molar-refractivity contribution in [2.24, 2.45) is 0 Å². The average Bonchev–Trinajstić information content (AvgIpc) is 2.91. The number of hydrogen-bond acceptors (Lipinski definition) is 4. The summed E-state index contributed by atoms with van der Waals surface area (Å²) >= 11 is 0. The van der Waals surface area contributed by atoms with Gasteiger partial charge in [0.15, 0.2) is 11.5 Å². The molecule has 0 unspecified atom stereocenters. The standard InChI is InChI=1S/C17H18N2O3/c1-11-6-7-19-13(10-20)17(18-16(19)8-11)12-4-5-14(21-2)15(9-12)22-3/h4-9,20H,10H2,1-3H3. The van der Waals surface area contributed by atoms with Crippen LogP contribution < -0.4 is 9.47 Å². The molecular formula is C17H18N2O3. The predicted octanol–water partition coefficient (Wildman–Crippen LogP) is 2.82. The normalized spacial score (nSPS) is 10.9. The Bertz CT molecular complexity index is 824. The summed E-state index contributed by atoms with van der Waals surface area (Å²) in [6, 6.07) is 9.60.